The number of nitrogens with zero attached hydrogens (tertiary/aromatic N) is 2. The number of nitriles is 1. The summed E-state index contributed by atoms with van der Waals surface area (Å²) in [7, 11) is 0. The summed E-state index contributed by atoms with van der Waals surface area (Å²) in [6.07, 6.45) is 7.08. The minimum absolute atomic E-state index is 0.314. The van der Waals surface area contributed by atoms with Gasteiger partial charge >= 0.3 is 0 Å². The van der Waals surface area contributed by atoms with E-state index in [4.69, 9.17) is 5.26 Å². The number of fused-ring (bicyclic) bond motifs is 2. The lowest BCUT2D eigenvalue weighted by Crippen LogP contribution is -2.33. The molecule has 122 valence electrons. The molecule has 1 amide bonds. The van der Waals surface area contributed by atoms with E-state index >= 15 is 0 Å². The van der Waals surface area contributed by atoms with Gasteiger partial charge in [-0.15, -0.1) is 0 Å². The van der Waals surface area contributed by atoms with E-state index in [0.717, 1.165) is 36.8 Å². The molecule has 0 aromatic heterocycles. The average Bonchev–Trinajstić information content (AvgIpc) is 3.18. The van der Waals surface area contributed by atoms with E-state index in [2.05, 4.69) is 13.0 Å². The number of rotatable bonds is 6. The molecule has 1 aromatic rings. The summed E-state index contributed by atoms with van der Waals surface area (Å²) in [4.78, 5) is 14.8. The molecular weight excluding hydrogens is 284 g/mol. The second-order valence-corrected chi connectivity index (χ2v) is 7.26. The van der Waals surface area contributed by atoms with Gasteiger partial charge in [0, 0.05) is 19.5 Å². The standard InChI is InChI=1S/C20H26N2O/c1-2-9-22(14-16-5-3-15(13-21)4-6-16)20(23)12-19-11-17-7-8-18(19)10-17/h3-6,17-19H,2,7-12,14H2,1H3. The zero-order valence-electron chi connectivity index (χ0n) is 14.0. The van der Waals surface area contributed by atoms with Gasteiger partial charge in [0.25, 0.3) is 0 Å². The third kappa shape index (κ3) is 3.75. The smallest absolute Gasteiger partial charge is 0.223 e. The van der Waals surface area contributed by atoms with Gasteiger partial charge in [0.15, 0.2) is 0 Å². The van der Waals surface area contributed by atoms with E-state index < -0.39 is 0 Å². The van der Waals surface area contributed by atoms with Gasteiger partial charge in [0.05, 0.1) is 11.6 Å². The van der Waals surface area contributed by atoms with Crippen LogP contribution in [0.2, 0.25) is 0 Å². The SMILES string of the molecule is CCCN(Cc1ccc(C#N)cc1)C(=O)CC1CC2CCC1C2. The topological polar surface area (TPSA) is 44.1 Å². The predicted octanol–water partition coefficient (Wildman–Crippen LogP) is 4.12. The normalized spacial score (nSPS) is 25.3. The van der Waals surface area contributed by atoms with Gasteiger partial charge in [0.2, 0.25) is 5.91 Å². The van der Waals surface area contributed by atoms with Gasteiger partial charge in [-0.3, -0.25) is 4.79 Å². The van der Waals surface area contributed by atoms with Gasteiger partial charge in [-0.2, -0.15) is 5.26 Å². The Hall–Kier alpha value is -1.82. The molecule has 1 aromatic carbocycles. The highest BCUT2D eigenvalue weighted by Crippen LogP contribution is 2.49. The minimum atomic E-state index is 0.314. The van der Waals surface area contributed by atoms with Crippen LogP contribution < -0.4 is 0 Å². The summed E-state index contributed by atoms with van der Waals surface area (Å²) in [5, 5.41) is 8.88. The summed E-state index contributed by atoms with van der Waals surface area (Å²) in [5.41, 5.74) is 1.78. The van der Waals surface area contributed by atoms with Crippen molar-refractivity contribution in [3.05, 3.63) is 35.4 Å². The lowest BCUT2D eigenvalue weighted by Gasteiger charge is -2.27. The molecule has 0 aliphatic heterocycles. The molecule has 2 saturated carbocycles. The fraction of sp³-hybridized carbons (Fsp3) is 0.600. The Balaban J connectivity index is 1.60. The summed E-state index contributed by atoms with van der Waals surface area (Å²) < 4.78 is 0. The van der Waals surface area contributed by atoms with E-state index in [0.29, 0.717) is 23.9 Å². The maximum absolute atomic E-state index is 12.8. The van der Waals surface area contributed by atoms with Crippen LogP contribution in [0.15, 0.2) is 24.3 Å². The molecule has 0 heterocycles. The molecular formula is C20H26N2O. The maximum atomic E-state index is 12.8. The number of carbonyl (C=O) groups is 1. The van der Waals surface area contributed by atoms with Crippen LogP contribution in [0.4, 0.5) is 0 Å². The Morgan fingerprint density at radius 1 is 1.26 bits per heavy atom. The van der Waals surface area contributed by atoms with Gasteiger partial charge in [-0.1, -0.05) is 25.5 Å². The van der Waals surface area contributed by atoms with Crippen LogP contribution in [-0.4, -0.2) is 17.4 Å². The zero-order valence-corrected chi connectivity index (χ0v) is 14.0. The molecule has 0 saturated heterocycles. The van der Waals surface area contributed by atoms with Gasteiger partial charge in [-0.05, 0) is 61.1 Å². The van der Waals surface area contributed by atoms with Gasteiger partial charge in [-0.25, -0.2) is 0 Å². The van der Waals surface area contributed by atoms with E-state index in [1.807, 2.05) is 29.2 Å². The van der Waals surface area contributed by atoms with Crippen LogP contribution >= 0.6 is 0 Å². The Labute approximate surface area is 139 Å². The van der Waals surface area contributed by atoms with Crippen molar-refractivity contribution in [1.82, 2.24) is 4.90 Å². The van der Waals surface area contributed by atoms with Crippen molar-refractivity contribution < 1.29 is 4.79 Å². The quantitative estimate of drug-likeness (QED) is 0.793. The molecule has 23 heavy (non-hydrogen) atoms. The number of hydrogen-bond donors (Lipinski definition) is 0. The highest BCUT2D eigenvalue weighted by molar-refractivity contribution is 5.76. The Morgan fingerprint density at radius 3 is 2.61 bits per heavy atom. The highest BCUT2D eigenvalue weighted by atomic mass is 16.2. The first-order valence-corrected chi connectivity index (χ1v) is 8.96. The van der Waals surface area contributed by atoms with E-state index in [-0.39, 0.29) is 0 Å². The number of hydrogen-bond acceptors (Lipinski definition) is 2. The largest absolute Gasteiger partial charge is 0.338 e. The van der Waals surface area contributed by atoms with Crippen LogP contribution in [0.3, 0.4) is 0 Å². The zero-order chi connectivity index (χ0) is 16.2. The van der Waals surface area contributed by atoms with E-state index in [9.17, 15) is 4.79 Å². The van der Waals surface area contributed by atoms with Crippen LogP contribution in [0.25, 0.3) is 0 Å². The monoisotopic (exact) mass is 310 g/mol. The number of amides is 1. The highest BCUT2D eigenvalue weighted by Gasteiger charge is 2.40. The average molecular weight is 310 g/mol. The van der Waals surface area contributed by atoms with Crippen LogP contribution in [0.5, 0.6) is 0 Å². The molecule has 0 N–H and O–H groups in total. The molecule has 3 rings (SSSR count). The first-order chi connectivity index (χ1) is 11.2. The number of carbonyl (C=O) groups excluding carboxylic acids is 1. The van der Waals surface area contributed by atoms with Crippen LogP contribution in [0.1, 0.15) is 56.6 Å². The second-order valence-electron chi connectivity index (χ2n) is 7.26. The van der Waals surface area contributed by atoms with Crippen molar-refractivity contribution in [2.75, 3.05) is 6.54 Å². The van der Waals surface area contributed by atoms with Crippen LogP contribution in [-0.2, 0) is 11.3 Å². The summed E-state index contributed by atoms with van der Waals surface area (Å²) in [5.74, 6) is 2.65. The molecule has 0 spiro atoms. The molecule has 3 heteroatoms. The maximum Gasteiger partial charge on any atom is 0.223 e. The molecule has 2 fully saturated rings. The number of benzene rings is 1. The lowest BCUT2D eigenvalue weighted by atomic mass is 9.86. The molecule has 2 bridgehead atoms. The van der Waals surface area contributed by atoms with E-state index in [1.54, 1.807) is 0 Å². The van der Waals surface area contributed by atoms with Crippen molar-refractivity contribution in [2.24, 2.45) is 17.8 Å². The van der Waals surface area contributed by atoms with Crippen molar-refractivity contribution in [2.45, 2.75) is 52.0 Å². The molecule has 3 nitrogen and oxygen atoms in total. The Morgan fingerprint density at radius 2 is 2.04 bits per heavy atom. The Kier molecular flexibility index (Phi) is 5.00. The second kappa shape index (κ2) is 7.17. The van der Waals surface area contributed by atoms with Crippen molar-refractivity contribution >= 4 is 5.91 Å². The van der Waals surface area contributed by atoms with Gasteiger partial charge in [0.1, 0.15) is 0 Å². The molecule has 3 atom stereocenters. The van der Waals surface area contributed by atoms with Gasteiger partial charge < -0.3 is 4.90 Å². The van der Waals surface area contributed by atoms with Crippen molar-refractivity contribution in [3.8, 4) is 6.07 Å². The van der Waals surface area contributed by atoms with Crippen molar-refractivity contribution in [1.29, 1.82) is 5.26 Å². The lowest BCUT2D eigenvalue weighted by molar-refractivity contribution is -0.133. The van der Waals surface area contributed by atoms with Crippen LogP contribution in [0, 0.1) is 29.1 Å². The molecule has 2 aliphatic rings. The fourth-order valence-corrected chi connectivity index (χ4v) is 4.45. The first-order valence-electron chi connectivity index (χ1n) is 8.96. The molecule has 3 unspecified atom stereocenters. The minimum Gasteiger partial charge on any atom is -0.338 e. The molecule has 2 aliphatic carbocycles. The Bertz CT molecular complexity index is 587. The summed E-state index contributed by atoms with van der Waals surface area (Å²) >= 11 is 0. The summed E-state index contributed by atoms with van der Waals surface area (Å²) in [6, 6.07) is 9.73. The predicted molar refractivity (Wildman–Crippen MR) is 90.4 cm³/mol. The third-order valence-electron chi connectivity index (χ3n) is 5.62. The van der Waals surface area contributed by atoms with E-state index in [1.165, 1.54) is 25.7 Å². The summed E-state index contributed by atoms with van der Waals surface area (Å²) in [6.45, 7) is 3.61. The van der Waals surface area contributed by atoms with Crippen molar-refractivity contribution in [3.63, 3.8) is 0 Å². The first kappa shape index (κ1) is 16.1. The fourth-order valence-electron chi connectivity index (χ4n) is 4.45. The third-order valence-corrected chi connectivity index (χ3v) is 5.62. The molecule has 0 radical (unpaired) electrons.